The van der Waals surface area contributed by atoms with Crippen LogP contribution in [0.4, 0.5) is 0 Å². The summed E-state index contributed by atoms with van der Waals surface area (Å²) in [5.74, 6) is 0. The van der Waals surface area contributed by atoms with Crippen molar-refractivity contribution < 1.29 is 0 Å². The highest BCUT2D eigenvalue weighted by Crippen LogP contribution is 2.39. The SMILES string of the molecule is [c]1ccc(-c2cc3cccc4ccc5cccc2c5c43)cc1. The second-order valence-electron chi connectivity index (χ2n) is 5.76. The van der Waals surface area contributed by atoms with Crippen LogP contribution in [0.1, 0.15) is 0 Å². The normalized spacial score (nSPS) is 11.6. The Hall–Kier alpha value is -2.86. The molecule has 101 valence electrons. The molecule has 0 unspecified atom stereocenters. The van der Waals surface area contributed by atoms with Crippen LogP contribution in [-0.2, 0) is 0 Å². The topological polar surface area (TPSA) is 0 Å². The standard InChI is InChI=1S/C22H13/c1-2-6-15(7-3-1)20-14-18-10-4-8-16-12-13-17-9-5-11-19(20)22(17)21(16)18/h2-14H. The Morgan fingerprint density at radius 2 is 1.27 bits per heavy atom. The van der Waals surface area contributed by atoms with Gasteiger partial charge in [-0.1, -0.05) is 72.8 Å². The molecule has 0 spiro atoms. The molecule has 0 aliphatic rings. The lowest BCUT2D eigenvalue weighted by atomic mass is 9.89. The lowest BCUT2D eigenvalue weighted by Gasteiger charge is -2.14. The molecule has 22 heavy (non-hydrogen) atoms. The summed E-state index contributed by atoms with van der Waals surface area (Å²) in [7, 11) is 0. The lowest BCUT2D eigenvalue weighted by Crippen LogP contribution is -1.87. The van der Waals surface area contributed by atoms with E-state index in [-0.39, 0.29) is 0 Å². The molecule has 0 aliphatic heterocycles. The van der Waals surface area contributed by atoms with Crippen molar-refractivity contribution in [3.8, 4) is 11.1 Å². The fourth-order valence-electron chi connectivity index (χ4n) is 3.57. The Morgan fingerprint density at radius 1 is 0.591 bits per heavy atom. The molecule has 0 atom stereocenters. The largest absolute Gasteiger partial charge is 0.0610 e. The molecule has 0 N–H and O–H groups in total. The smallest absolute Gasteiger partial charge is 0.00206 e. The van der Waals surface area contributed by atoms with Gasteiger partial charge in [-0.05, 0) is 55.6 Å². The van der Waals surface area contributed by atoms with Crippen molar-refractivity contribution >= 4 is 32.3 Å². The van der Waals surface area contributed by atoms with Crippen LogP contribution in [-0.4, -0.2) is 0 Å². The average Bonchev–Trinajstić information content (AvgIpc) is 2.60. The maximum Gasteiger partial charge on any atom is -0.00206 e. The van der Waals surface area contributed by atoms with Crippen LogP contribution in [0.5, 0.6) is 0 Å². The Bertz CT molecular complexity index is 1100. The first-order chi connectivity index (χ1) is 10.9. The van der Waals surface area contributed by atoms with Crippen LogP contribution < -0.4 is 0 Å². The maximum atomic E-state index is 3.11. The Balaban J connectivity index is 2.07. The van der Waals surface area contributed by atoms with E-state index in [2.05, 4.69) is 72.8 Å². The van der Waals surface area contributed by atoms with Crippen LogP contribution in [0.3, 0.4) is 0 Å². The summed E-state index contributed by atoms with van der Waals surface area (Å²) in [6.45, 7) is 0. The Labute approximate surface area is 129 Å². The van der Waals surface area contributed by atoms with E-state index in [1.165, 1.54) is 43.4 Å². The van der Waals surface area contributed by atoms with Crippen molar-refractivity contribution in [1.29, 1.82) is 0 Å². The number of rotatable bonds is 1. The summed E-state index contributed by atoms with van der Waals surface area (Å²) >= 11 is 0. The van der Waals surface area contributed by atoms with Gasteiger partial charge in [0.05, 0.1) is 0 Å². The molecule has 0 aliphatic carbocycles. The fraction of sp³-hybridized carbons (Fsp3) is 0. The molecule has 0 amide bonds. The van der Waals surface area contributed by atoms with Gasteiger partial charge in [-0.15, -0.1) is 0 Å². The highest BCUT2D eigenvalue weighted by molar-refractivity contribution is 6.26. The zero-order chi connectivity index (χ0) is 14.5. The minimum absolute atomic E-state index is 1.25. The predicted octanol–water partition coefficient (Wildman–Crippen LogP) is 6.05. The van der Waals surface area contributed by atoms with Crippen molar-refractivity contribution in [2.75, 3.05) is 0 Å². The fourth-order valence-corrected chi connectivity index (χ4v) is 3.57. The van der Waals surface area contributed by atoms with Crippen molar-refractivity contribution in [2.24, 2.45) is 0 Å². The zero-order valence-corrected chi connectivity index (χ0v) is 12.0. The van der Waals surface area contributed by atoms with E-state index in [1.54, 1.807) is 0 Å². The molecule has 0 aromatic heterocycles. The molecule has 0 saturated carbocycles. The van der Waals surface area contributed by atoms with Crippen LogP contribution in [0.2, 0.25) is 0 Å². The second-order valence-corrected chi connectivity index (χ2v) is 5.76. The van der Waals surface area contributed by atoms with Crippen molar-refractivity contribution in [3.05, 3.63) is 84.9 Å². The van der Waals surface area contributed by atoms with E-state index >= 15 is 0 Å². The minimum Gasteiger partial charge on any atom is -0.0610 e. The summed E-state index contributed by atoms with van der Waals surface area (Å²) in [6, 6.07) is 31.3. The zero-order valence-electron chi connectivity index (χ0n) is 12.0. The van der Waals surface area contributed by atoms with E-state index in [0.717, 1.165) is 0 Å². The van der Waals surface area contributed by atoms with Gasteiger partial charge < -0.3 is 0 Å². The molecule has 5 aromatic carbocycles. The lowest BCUT2D eigenvalue weighted by molar-refractivity contribution is 1.66. The van der Waals surface area contributed by atoms with Gasteiger partial charge in [-0.25, -0.2) is 0 Å². The first kappa shape index (κ1) is 11.8. The van der Waals surface area contributed by atoms with Crippen LogP contribution >= 0.6 is 0 Å². The molecular formula is C22H13. The third kappa shape index (κ3) is 1.52. The Kier molecular flexibility index (Phi) is 2.31. The van der Waals surface area contributed by atoms with Crippen molar-refractivity contribution in [2.45, 2.75) is 0 Å². The van der Waals surface area contributed by atoms with E-state index in [1.807, 2.05) is 12.1 Å². The molecule has 0 fully saturated rings. The van der Waals surface area contributed by atoms with Gasteiger partial charge in [0, 0.05) is 0 Å². The van der Waals surface area contributed by atoms with Crippen LogP contribution in [0.15, 0.2) is 78.9 Å². The average molecular weight is 277 g/mol. The monoisotopic (exact) mass is 277 g/mol. The summed E-state index contributed by atoms with van der Waals surface area (Å²) in [5.41, 5.74) is 2.54. The molecule has 1 radical (unpaired) electrons. The van der Waals surface area contributed by atoms with Gasteiger partial charge in [0.25, 0.3) is 0 Å². The second kappa shape index (κ2) is 4.32. The number of benzene rings is 5. The summed E-state index contributed by atoms with van der Waals surface area (Å²) in [5, 5.41) is 8.01. The van der Waals surface area contributed by atoms with Crippen molar-refractivity contribution in [3.63, 3.8) is 0 Å². The molecule has 0 nitrogen and oxygen atoms in total. The summed E-state index contributed by atoms with van der Waals surface area (Å²) in [6.07, 6.45) is 0. The molecule has 0 heteroatoms. The molecule has 5 aromatic rings. The van der Waals surface area contributed by atoms with Crippen LogP contribution in [0, 0.1) is 6.07 Å². The van der Waals surface area contributed by atoms with E-state index in [9.17, 15) is 0 Å². The number of hydrogen-bond donors (Lipinski definition) is 0. The van der Waals surface area contributed by atoms with E-state index < -0.39 is 0 Å². The molecule has 5 rings (SSSR count). The quantitative estimate of drug-likeness (QED) is 0.327. The predicted molar refractivity (Wildman–Crippen MR) is 94.4 cm³/mol. The van der Waals surface area contributed by atoms with Gasteiger partial charge in [0.2, 0.25) is 0 Å². The van der Waals surface area contributed by atoms with Crippen LogP contribution in [0.25, 0.3) is 43.4 Å². The molecule has 0 bridgehead atoms. The van der Waals surface area contributed by atoms with E-state index in [0.29, 0.717) is 0 Å². The first-order valence-electron chi connectivity index (χ1n) is 7.55. The molecule has 0 saturated heterocycles. The van der Waals surface area contributed by atoms with Gasteiger partial charge in [-0.2, -0.15) is 0 Å². The first-order valence-corrected chi connectivity index (χ1v) is 7.55. The highest BCUT2D eigenvalue weighted by atomic mass is 14.1. The third-order valence-corrected chi connectivity index (χ3v) is 4.54. The van der Waals surface area contributed by atoms with Gasteiger partial charge >= 0.3 is 0 Å². The maximum absolute atomic E-state index is 3.11. The summed E-state index contributed by atoms with van der Waals surface area (Å²) < 4.78 is 0. The molecule has 0 heterocycles. The third-order valence-electron chi connectivity index (χ3n) is 4.54. The minimum atomic E-state index is 1.25. The highest BCUT2D eigenvalue weighted by Gasteiger charge is 2.12. The van der Waals surface area contributed by atoms with Gasteiger partial charge in [-0.3, -0.25) is 0 Å². The Morgan fingerprint density at radius 3 is 2.09 bits per heavy atom. The summed E-state index contributed by atoms with van der Waals surface area (Å²) in [4.78, 5) is 0. The van der Waals surface area contributed by atoms with Gasteiger partial charge in [0.1, 0.15) is 0 Å². The van der Waals surface area contributed by atoms with Crippen molar-refractivity contribution in [1.82, 2.24) is 0 Å². The molecular weight excluding hydrogens is 264 g/mol. The number of hydrogen-bond acceptors (Lipinski definition) is 0. The van der Waals surface area contributed by atoms with Gasteiger partial charge in [0.15, 0.2) is 0 Å². The van der Waals surface area contributed by atoms with E-state index in [4.69, 9.17) is 0 Å².